The van der Waals surface area contributed by atoms with Crippen LogP contribution in [0, 0.1) is 0 Å². The van der Waals surface area contributed by atoms with Gasteiger partial charge < -0.3 is 24.3 Å². The minimum absolute atomic E-state index is 0.0979. The SMILES string of the molecule is COc1ccc(CN2C(=O)c3cc4ccsc4n3C[C@]2(C)C(=O)NC2CCCC2)c(OC)c1. The number of benzene rings is 1. The maximum atomic E-state index is 13.8. The Morgan fingerprint density at radius 3 is 2.70 bits per heavy atom. The Kier molecular flexibility index (Phi) is 5.56. The minimum atomic E-state index is -1.03. The predicted molar refractivity (Wildman–Crippen MR) is 128 cm³/mol. The van der Waals surface area contributed by atoms with Gasteiger partial charge in [0.05, 0.1) is 27.3 Å². The number of aromatic nitrogens is 1. The summed E-state index contributed by atoms with van der Waals surface area (Å²) in [6, 6.07) is 9.67. The number of hydrogen-bond donors (Lipinski definition) is 1. The van der Waals surface area contributed by atoms with Crippen LogP contribution in [0.25, 0.3) is 10.2 Å². The van der Waals surface area contributed by atoms with E-state index in [-0.39, 0.29) is 24.4 Å². The highest BCUT2D eigenvalue weighted by molar-refractivity contribution is 7.16. The Bertz CT molecular complexity index is 1210. The average Bonchev–Trinajstić information content (AvgIpc) is 3.55. The molecule has 2 aliphatic rings. The van der Waals surface area contributed by atoms with Gasteiger partial charge in [0.25, 0.3) is 5.91 Å². The zero-order valence-electron chi connectivity index (χ0n) is 19.2. The molecule has 1 N–H and O–H groups in total. The van der Waals surface area contributed by atoms with Gasteiger partial charge in [0.2, 0.25) is 5.91 Å². The van der Waals surface area contributed by atoms with Crippen LogP contribution < -0.4 is 14.8 Å². The van der Waals surface area contributed by atoms with Crippen molar-refractivity contribution >= 4 is 33.4 Å². The molecule has 0 bridgehead atoms. The van der Waals surface area contributed by atoms with Crippen molar-refractivity contribution in [2.45, 2.75) is 57.3 Å². The molecule has 1 aliphatic carbocycles. The molecule has 8 heteroatoms. The Morgan fingerprint density at radius 1 is 1.18 bits per heavy atom. The first-order chi connectivity index (χ1) is 15.9. The second-order valence-electron chi connectivity index (χ2n) is 9.09. The van der Waals surface area contributed by atoms with Crippen LogP contribution in [0.5, 0.6) is 11.5 Å². The van der Waals surface area contributed by atoms with E-state index in [4.69, 9.17) is 9.47 Å². The fourth-order valence-electron chi connectivity index (χ4n) is 5.07. The lowest BCUT2D eigenvalue weighted by Gasteiger charge is -2.44. The van der Waals surface area contributed by atoms with Gasteiger partial charge in [-0.2, -0.15) is 0 Å². The summed E-state index contributed by atoms with van der Waals surface area (Å²) in [5, 5.41) is 6.30. The van der Waals surface area contributed by atoms with Crippen molar-refractivity contribution in [1.82, 2.24) is 14.8 Å². The summed E-state index contributed by atoms with van der Waals surface area (Å²) in [6.45, 7) is 2.56. The zero-order valence-corrected chi connectivity index (χ0v) is 20.0. The third kappa shape index (κ3) is 3.66. The van der Waals surface area contributed by atoms with Gasteiger partial charge >= 0.3 is 0 Å². The van der Waals surface area contributed by atoms with Crippen LogP contribution in [0.1, 0.15) is 48.7 Å². The number of ether oxygens (including phenoxy) is 2. The van der Waals surface area contributed by atoms with Crippen LogP contribution in [-0.4, -0.2) is 47.1 Å². The van der Waals surface area contributed by atoms with E-state index < -0.39 is 5.54 Å². The van der Waals surface area contributed by atoms with Gasteiger partial charge in [-0.05, 0) is 49.4 Å². The number of carbonyl (C=O) groups is 2. The fraction of sp³-hybridized carbons (Fsp3) is 0.440. The molecule has 1 atom stereocenters. The van der Waals surface area contributed by atoms with E-state index in [2.05, 4.69) is 5.32 Å². The molecule has 2 aromatic heterocycles. The first-order valence-corrected chi connectivity index (χ1v) is 12.2. The first-order valence-electron chi connectivity index (χ1n) is 11.3. The lowest BCUT2D eigenvalue weighted by molar-refractivity contribution is -0.133. The van der Waals surface area contributed by atoms with Crippen molar-refractivity contribution in [2.75, 3.05) is 14.2 Å². The molecule has 1 aromatic carbocycles. The lowest BCUT2D eigenvalue weighted by atomic mass is 9.93. The summed E-state index contributed by atoms with van der Waals surface area (Å²) in [5.41, 5.74) is 0.414. The summed E-state index contributed by atoms with van der Waals surface area (Å²) in [7, 11) is 3.20. The predicted octanol–water partition coefficient (Wildman–Crippen LogP) is 4.19. The van der Waals surface area contributed by atoms with Crippen LogP contribution in [0.3, 0.4) is 0 Å². The number of nitrogens with one attached hydrogen (secondary N) is 1. The van der Waals surface area contributed by atoms with Gasteiger partial charge in [0.15, 0.2) is 0 Å². The molecule has 3 aromatic rings. The summed E-state index contributed by atoms with van der Waals surface area (Å²) >= 11 is 1.60. The number of amides is 2. The van der Waals surface area contributed by atoms with E-state index in [9.17, 15) is 9.59 Å². The lowest BCUT2D eigenvalue weighted by Crippen LogP contribution is -2.64. The molecule has 0 saturated heterocycles. The van der Waals surface area contributed by atoms with Crippen LogP contribution in [0.2, 0.25) is 0 Å². The molecular weight excluding hydrogens is 438 g/mol. The normalized spacial score (nSPS) is 20.8. The van der Waals surface area contributed by atoms with Crippen molar-refractivity contribution in [3.05, 3.63) is 47.0 Å². The van der Waals surface area contributed by atoms with Crippen molar-refractivity contribution in [3.63, 3.8) is 0 Å². The molecule has 1 fully saturated rings. The molecule has 3 heterocycles. The number of thiophene rings is 1. The van der Waals surface area contributed by atoms with Gasteiger partial charge in [-0.3, -0.25) is 9.59 Å². The molecule has 2 amide bonds. The van der Waals surface area contributed by atoms with Crippen molar-refractivity contribution in [3.8, 4) is 11.5 Å². The molecule has 0 spiro atoms. The standard InChI is InChI=1S/C25H29N3O4S/c1-25(24(30)26-18-6-4-5-7-18)15-27-20(12-16-10-11-33-23(16)27)22(29)28(25)14-17-8-9-19(31-2)13-21(17)32-3/h8-13,18H,4-7,14-15H2,1-3H3,(H,26,30)/t25-/m1/s1. The molecule has 0 unspecified atom stereocenters. The summed E-state index contributed by atoms with van der Waals surface area (Å²) in [6.07, 6.45) is 4.24. The zero-order chi connectivity index (χ0) is 23.2. The van der Waals surface area contributed by atoms with Crippen molar-refractivity contribution < 1.29 is 19.1 Å². The molecule has 7 nitrogen and oxygen atoms in total. The third-order valence-electron chi connectivity index (χ3n) is 7.03. The molecule has 33 heavy (non-hydrogen) atoms. The summed E-state index contributed by atoms with van der Waals surface area (Å²) < 4.78 is 12.9. The van der Waals surface area contributed by atoms with Gasteiger partial charge in [0.1, 0.15) is 27.6 Å². The Morgan fingerprint density at radius 2 is 1.97 bits per heavy atom. The first kappa shape index (κ1) is 21.8. The van der Waals surface area contributed by atoms with Gasteiger partial charge in [-0.25, -0.2) is 0 Å². The van der Waals surface area contributed by atoms with E-state index in [0.717, 1.165) is 41.5 Å². The van der Waals surface area contributed by atoms with E-state index in [1.54, 1.807) is 36.5 Å². The fourth-order valence-corrected chi connectivity index (χ4v) is 5.97. The van der Waals surface area contributed by atoms with E-state index in [0.29, 0.717) is 23.7 Å². The van der Waals surface area contributed by atoms with Crippen LogP contribution in [0.4, 0.5) is 0 Å². The highest BCUT2D eigenvalue weighted by Crippen LogP contribution is 2.37. The number of nitrogens with zero attached hydrogens (tertiary/aromatic N) is 2. The number of rotatable bonds is 6. The highest BCUT2D eigenvalue weighted by Gasteiger charge is 2.48. The van der Waals surface area contributed by atoms with E-state index in [1.165, 1.54) is 0 Å². The molecule has 1 aliphatic heterocycles. The maximum Gasteiger partial charge on any atom is 0.271 e. The van der Waals surface area contributed by atoms with Crippen LogP contribution >= 0.6 is 11.3 Å². The summed E-state index contributed by atoms with van der Waals surface area (Å²) in [5.74, 6) is 1.06. The monoisotopic (exact) mass is 467 g/mol. The highest BCUT2D eigenvalue weighted by atomic mass is 32.1. The molecule has 174 valence electrons. The smallest absolute Gasteiger partial charge is 0.271 e. The van der Waals surface area contributed by atoms with Crippen LogP contribution in [-0.2, 0) is 17.9 Å². The quantitative estimate of drug-likeness (QED) is 0.590. The second kappa shape index (κ2) is 8.41. The van der Waals surface area contributed by atoms with E-state index in [1.807, 2.05) is 41.1 Å². The van der Waals surface area contributed by atoms with Gasteiger partial charge in [-0.15, -0.1) is 11.3 Å². The third-order valence-corrected chi connectivity index (χ3v) is 7.98. The van der Waals surface area contributed by atoms with Gasteiger partial charge in [0, 0.05) is 23.1 Å². The number of carbonyl (C=O) groups excluding carboxylic acids is 2. The molecule has 5 rings (SSSR count). The van der Waals surface area contributed by atoms with Crippen LogP contribution in [0.15, 0.2) is 35.7 Å². The molecular formula is C25H29N3O4S. The number of fused-ring (bicyclic) bond motifs is 3. The second-order valence-corrected chi connectivity index (χ2v) is 9.99. The maximum absolute atomic E-state index is 13.8. The average molecular weight is 468 g/mol. The van der Waals surface area contributed by atoms with E-state index >= 15 is 0 Å². The van der Waals surface area contributed by atoms with Gasteiger partial charge in [-0.1, -0.05) is 12.8 Å². The Hall–Kier alpha value is -3.00. The summed E-state index contributed by atoms with van der Waals surface area (Å²) in [4.78, 5) is 30.3. The molecule has 1 saturated carbocycles. The number of hydrogen-bond acceptors (Lipinski definition) is 5. The van der Waals surface area contributed by atoms with Crippen molar-refractivity contribution in [2.24, 2.45) is 0 Å². The largest absolute Gasteiger partial charge is 0.497 e. The molecule has 0 radical (unpaired) electrons. The topological polar surface area (TPSA) is 72.8 Å². The number of methoxy groups -OCH3 is 2. The Labute approximate surface area is 197 Å². The Balaban J connectivity index is 1.56. The minimum Gasteiger partial charge on any atom is -0.497 e. The van der Waals surface area contributed by atoms with Crippen molar-refractivity contribution in [1.29, 1.82) is 0 Å².